The van der Waals surface area contributed by atoms with Crippen LogP contribution in [-0.4, -0.2) is 33.6 Å². The van der Waals surface area contributed by atoms with Gasteiger partial charge in [-0.2, -0.15) is 0 Å². The minimum Gasteiger partial charge on any atom is -0.334 e. The van der Waals surface area contributed by atoms with Crippen LogP contribution in [0, 0.1) is 12.7 Å². The Morgan fingerprint density at radius 3 is 2.76 bits per heavy atom. The lowest BCUT2D eigenvalue weighted by Gasteiger charge is -2.20. The second-order valence-electron chi connectivity index (χ2n) is 7.08. The third-order valence-electron chi connectivity index (χ3n) is 5.13. The predicted octanol–water partition coefficient (Wildman–Crippen LogP) is 3.36. The molecule has 25 heavy (non-hydrogen) atoms. The van der Waals surface area contributed by atoms with Crippen LogP contribution in [0.4, 0.5) is 9.18 Å². The molecule has 5 nitrogen and oxygen atoms in total. The van der Waals surface area contributed by atoms with Gasteiger partial charge in [-0.25, -0.2) is 14.2 Å². The summed E-state index contributed by atoms with van der Waals surface area (Å²) < 4.78 is 15.3. The quantitative estimate of drug-likeness (QED) is 0.926. The summed E-state index contributed by atoms with van der Waals surface area (Å²) in [5.74, 6) is 1.53. The minimum atomic E-state index is -0.264. The van der Waals surface area contributed by atoms with Gasteiger partial charge in [0.05, 0.1) is 6.04 Å². The average molecular weight is 342 g/mol. The average Bonchev–Trinajstić information content (AvgIpc) is 3.21. The smallest absolute Gasteiger partial charge is 0.317 e. The second-order valence-corrected chi connectivity index (χ2v) is 7.08. The van der Waals surface area contributed by atoms with E-state index in [1.807, 2.05) is 11.1 Å². The zero-order chi connectivity index (χ0) is 17.4. The van der Waals surface area contributed by atoms with Crippen molar-refractivity contribution in [1.82, 2.24) is 19.8 Å². The van der Waals surface area contributed by atoms with E-state index in [0.29, 0.717) is 25.0 Å². The number of aryl methyl sites for hydroxylation is 1. The van der Waals surface area contributed by atoms with Crippen molar-refractivity contribution in [3.63, 3.8) is 0 Å². The van der Waals surface area contributed by atoms with Crippen LogP contribution in [0.1, 0.15) is 48.3 Å². The largest absolute Gasteiger partial charge is 0.334 e. The van der Waals surface area contributed by atoms with Crippen LogP contribution < -0.4 is 5.32 Å². The van der Waals surface area contributed by atoms with Gasteiger partial charge in [-0.1, -0.05) is 12.1 Å². The molecule has 2 amide bonds. The maximum atomic E-state index is 12.9. The van der Waals surface area contributed by atoms with Gasteiger partial charge >= 0.3 is 6.03 Å². The SMILES string of the molecule is Cc1cnc(C2CC2)n1C1CCN(C(=O)NCc2ccc(F)cc2)C1. The van der Waals surface area contributed by atoms with Crippen LogP contribution in [0.3, 0.4) is 0 Å². The molecule has 1 aromatic carbocycles. The van der Waals surface area contributed by atoms with Crippen molar-refractivity contribution in [1.29, 1.82) is 0 Å². The molecule has 2 heterocycles. The van der Waals surface area contributed by atoms with E-state index in [1.165, 1.54) is 36.5 Å². The number of rotatable bonds is 4. The van der Waals surface area contributed by atoms with Gasteiger partial charge < -0.3 is 14.8 Å². The van der Waals surface area contributed by atoms with Crippen molar-refractivity contribution in [2.75, 3.05) is 13.1 Å². The summed E-state index contributed by atoms with van der Waals surface area (Å²) >= 11 is 0. The molecule has 0 spiro atoms. The highest BCUT2D eigenvalue weighted by Crippen LogP contribution is 2.41. The van der Waals surface area contributed by atoms with Crippen molar-refractivity contribution >= 4 is 6.03 Å². The van der Waals surface area contributed by atoms with E-state index in [9.17, 15) is 9.18 Å². The molecular weight excluding hydrogens is 319 g/mol. The number of likely N-dealkylation sites (tertiary alicyclic amines) is 1. The molecule has 1 saturated heterocycles. The number of halogens is 1. The number of carbonyl (C=O) groups excluding carboxylic acids is 1. The fraction of sp³-hybridized carbons (Fsp3) is 0.474. The molecule has 0 bridgehead atoms. The lowest BCUT2D eigenvalue weighted by atomic mass is 10.2. The molecule has 6 heteroatoms. The maximum absolute atomic E-state index is 12.9. The monoisotopic (exact) mass is 342 g/mol. The number of nitrogens with zero attached hydrogens (tertiary/aromatic N) is 3. The Labute approximate surface area is 146 Å². The highest BCUT2D eigenvalue weighted by atomic mass is 19.1. The Kier molecular flexibility index (Phi) is 4.19. The summed E-state index contributed by atoms with van der Waals surface area (Å²) in [7, 11) is 0. The third kappa shape index (κ3) is 3.38. The fourth-order valence-corrected chi connectivity index (χ4v) is 3.61. The molecule has 1 aromatic heterocycles. The number of hydrogen-bond acceptors (Lipinski definition) is 2. The van der Waals surface area contributed by atoms with Crippen molar-refractivity contribution < 1.29 is 9.18 Å². The Bertz CT molecular complexity index is 766. The molecule has 1 N–H and O–H groups in total. The highest BCUT2D eigenvalue weighted by molar-refractivity contribution is 5.74. The molecular formula is C19H23FN4O. The van der Waals surface area contributed by atoms with Crippen molar-refractivity contribution in [3.8, 4) is 0 Å². The first-order chi connectivity index (χ1) is 12.1. The van der Waals surface area contributed by atoms with Crippen molar-refractivity contribution in [2.45, 2.75) is 44.7 Å². The molecule has 2 aromatic rings. The predicted molar refractivity (Wildman–Crippen MR) is 92.8 cm³/mol. The lowest BCUT2D eigenvalue weighted by molar-refractivity contribution is 0.206. The molecule has 2 aliphatic rings. The molecule has 1 unspecified atom stereocenters. The number of aromatic nitrogens is 2. The van der Waals surface area contributed by atoms with Gasteiger partial charge in [0.15, 0.2) is 0 Å². The number of nitrogens with one attached hydrogen (secondary N) is 1. The van der Waals surface area contributed by atoms with Crippen molar-refractivity contribution in [3.05, 3.63) is 53.4 Å². The van der Waals surface area contributed by atoms with Gasteiger partial charge in [0.1, 0.15) is 11.6 Å². The second kappa shape index (κ2) is 6.50. The molecule has 1 saturated carbocycles. The Hall–Kier alpha value is -2.37. The first kappa shape index (κ1) is 16.1. The van der Waals surface area contributed by atoms with E-state index < -0.39 is 0 Å². The van der Waals surface area contributed by atoms with Crippen LogP contribution in [0.2, 0.25) is 0 Å². The van der Waals surface area contributed by atoms with Gasteiger partial charge in [0.2, 0.25) is 0 Å². The first-order valence-electron chi connectivity index (χ1n) is 8.93. The molecule has 0 radical (unpaired) electrons. The molecule has 4 rings (SSSR count). The Balaban J connectivity index is 1.36. The number of benzene rings is 1. The van der Waals surface area contributed by atoms with Crippen LogP contribution in [-0.2, 0) is 6.54 Å². The lowest BCUT2D eigenvalue weighted by Crippen LogP contribution is -2.38. The summed E-state index contributed by atoms with van der Waals surface area (Å²) in [6.45, 7) is 3.97. The van der Waals surface area contributed by atoms with Crippen molar-refractivity contribution in [2.24, 2.45) is 0 Å². The van der Waals surface area contributed by atoms with Crippen LogP contribution in [0.5, 0.6) is 0 Å². The normalized spacial score (nSPS) is 20.1. The Morgan fingerprint density at radius 2 is 2.04 bits per heavy atom. The van der Waals surface area contributed by atoms with E-state index in [2.05, 4.69) is 21.8 Å². The van der Waals surface area contributed by atoms with E-state index in [-0.39, 0.29) is 11.8 Å². The Morgan fingerprint density at radius 1 is 1.28 bits per heavy atom. The number of hydrogen-bond donors (Lipinski definition) is 1. The maximum Gasteiger partial charge on any atom is 0.317 e. The summed E-state index contributed by atoms with van der Waals surface area (Å²) in [5.41, 5.74) is 2.08. The molecule has 1 aliphatic heterocycles. The molecule has 1 aliphatic carbocycles. The van der Waals surface area contributed by atoms with E-state index >= 15 is 0 Å². The van der Waals surface area contributed by atoms with Crippen LogP contribution in [0.25, 0.3) is 0 Å². The number of urea groups is 1. The number of carbonyl (C=O) groups is 1. The van der Waals surface area contributed by atoms with Gasteiger partial charge in [0.25, 0.3) is 0 Å². The van der Waals surface area contributed by atoms with Crippen LogP contribution >= 0.6 is 0 Å². The van der Waals surface area contributed by atoms with Crippen LogP contribution in [0.15, 0.2) is 30.5 Å². The van der Waals surface area contributed by atoms with E-state index in [0.717, 1.165) is 18.5 Å². The summed E-state index contributed by atoms with van der Waals surface area (Å²) in [6.07, 6.45) is 5.36. The topological polar surface area (TPSA) is 50.2 Å². The third-order valence-corrected chi connectivity index (χ3v) is 5.13. The minimum absolute atomic E-state index is 0.0578. The zero-order valence-corrected chi connectivity index (χ0v) is 14.4. The molecule has 1 atom stereocenters. The standard InChI is InChI=1S/C19H23FN4O/c1-13-10-21-18(15-4-5-15)24(13)17-8-9-23(12-17)19(25)22-11-14-2-6-16(20)7-3-14/h2-3,6-7,10,15,17H,4-5,8-9,11-12H2,1H3,(H,22,25). The highest BCUT2D eigenvalue weighted by Gasteiger charge is 2.34. The molecule has 132 valence electrons. The first-order valence-corrected chi connectivity index (χ1v) is 8.93. The number of amides is 2. The van der Waals surface area contributed by atoms with E-state index in [1.54, 1.807) is 12.1 Å². The summed E-state index contributed by atoms with van der Waals surface area (Å²) in [6, 6.07) is 6.47. The van der Waals surface area contributed by atoms with E-state index in [4.69, 9.17) is 0 Å². The van der Waals surface area contributed by atoms with Gasteiger partial charge in [-0.3, -0.25) is 0 Å². The number of imidazole rings is 1. The fourth-order valence-electron chi connectivity index (χ4n) is 3.61. The molecule has 2 fully saturated rings. The summed E-state index contributed by atoms with van der Waals surface area (Å²) in [5, 5.41) is 2.93. The summed E-state index contributed by atoms with van der Waals surface area (Å²) in [4.78, 5) is 18.9. The van der Waals surface area contributed by atoms with Gasteiger partial charge in [-0.05, 0) is 43.9 Å². The zero-order valence-electron chi connectivity index (χ0n) is 14.4. The van der Waals surface area contributed by atoms with Gasteiger partial charge in [0, 0.05) is 37.4 Å². The van der Waals surface area contributed by atoms with Gasteiger partial charge in [-0.15, -0.1) is 0 Å².